The molecule has 0 aliphatic rings. The van der Waals surface area contributed by atoms with Crippen molar-refractivity contribution in [3.63, 3.8) is 0 Å². The van der Waals surface area contributed by atoms with E-state index in [1.54, 1.807) is 6.07 Å². The summed E-state index contributed by atoms with van der Waals surface area (Å²) in [5.74, 6) is -0.255. The first-order valence-electron chi connectivity index (χ1n) is 9.09. The molecule has 4 aromatic carbocycles. The molecule has 1 heterocycles. The van der Waals surface area contributed by atoms with Crippen LogP contribution in [0.15, 0.2) is 74.8 Å². The molecule has 0 saturated heterocycles. The van der Waals surface area contributed by atoms with Gasteiger partial charge in [-0.2, -0.15) is 0 Å². The molecule has 0 bridgehead atoms. The Bertz CT molecular complexity index is 1450. The van der Waals surface area contributed by atoms with Gasteiger partial charge in [0.15, 0.2) is 5.56 Å². The summed E-state index contributed by atoms with van der Waals surface area (Å²) in [5, 5.41) is 6.82. The third kappa shape index (κ3) is 2.62. The maximum Gasteiger partial charge on any atom is 0.352 e. The van der Waals surface area contributed by atoms with Gasteiger partial charge in [-0.15, -0.1) is 11.8 Å². The molecule has 29 heavy (non-hydrogen) atoms. The zero-order valence-corrected chi connectivity index (χ0v) is 16.6. The second-order valence-electron chi connectivity index (χ2n) is 6.80. The lowest BCUT2D eigenvalue weighted by Gasteiger charge is -2.14. The van der Waals surface area contributed by atoms with Gasteiger partial charge in [0.1, 0.15) is 5.76 Å². The Balaban J connectivity index is 1.85. The minimum absolute atomic E-state index is 0.0681. The minimum Gasteiger partial charge on any atom is -0.465 e. The van der Waals surface area contributed by atoms with Gasteiger partial charge in [-0.05, 0) is 50.7 Å². The fourth-order valence-corrected chi connectivity index (χ4v) is 4.60. The van der Waals surface area contributed by atoms with Crippen molar-refractivity contribution in [2.75, 3.05) is 13.4 Å². The first kappa shape index (κ1) is 17.8. The van der Waals surface area contributed by atoms with E-state index in [-0.39, 0.29) is 5.56 Å². The molecule has 5 heteroatoms. The molecule has 0 saturated carbocycles. The summed E-state index contributed by atoms with van der Waals surface area (Å²) >= 11 is 1.31. The Hall–Kier alpha value is -3.31. The van der Waals surface area contributed by atoms with Crippen molar-refractivity contribution < 1.29 is 13.9 Å². The Kier molecular flexibility index (Phi) is 4.07. The Morgan fingerprint density at radius 2 is 1.59 bits per heavy atom. The number of ether oxygens (including phenoxy) is 1. The van der Waals surface area contributed by atoms with E-state index in [1.165, 1.54) is 35.0 Å². The summed E-state index contributed by atoms with van der Waals surface area (Å²) in [5.41, 5.74) is 0.0606. The Morgan fingerprint density at radius 3 is 2.28 bits per heavy atom. The molecule has 0 unspecified atom stereocenters. The molecule has 0 fully saturated rings. The topological polar surface area (TPSA) is 56.5 Å². The molecule has 0 aliphatic carbocycles. The molecule has 0 spiro atoms. The van der Waals surface area contributed by atoms with E-state index in [9.17, 15) is 9.59 Å². The van der Waals surface area contributed by atoms with Crippen molar-refractivity contribution in [3.05, 3.63) is 76.6 Å². The minimum atomic E-state index is -0.690. The van der Waals surface area contributed by atoms with Gasteiger partial charge >= 0.3 is 11.6 Å². The van der Waals surface area contributed by atoms with Crippen LogP contribution in [0.25, 0.3) is 43.6 Å². The van der Waals surface area contributed by atoms with Crippen molar-refractivity contribution in [1.29, 1.82) is 0 Å². The molecule has 0 atom stereocenters. The summed E-state index contributed by atoms with van der Waals surface area (Å²) < 4.78 is 10.3. The number of thioether (sulfide) groups is 1. The lowest BCUT2D eigenvalue weighted by atomic mass is 9.91. The van der Waals surface area contributed by atoms with Crippen molar-refractivity contribution in [1.82, 2.24) is 0 Å². The molecular weight excluding hydrogens is 384 g/mol. The van der Waals surface area contributed by atoms with Gasteiger partial charge in [0, 0.05) is 10.5 Å². The number of hydrogen-bond donors (Lipinski definition) is 0. The highest BCUT2D eigenvalue weighted by Crippen LogP contribution is 2.39. The zero-order chi connectivity index (χ0) is 20.1. The SMILES string of the molecule is COC(=O)c1c(SC)cc(-c2ccc3ccc4cccc5ccc2c3c45)oc1=O. The van der Waals surface area contributed by atoms with Gasteiger partial charge in [0.05, 0.1) is 7.11 Å². The zero-order valence-electron chi connectivity index (χ0n) is 15.8. The van der Waals surface area contributed by atoms with Crippen molar-refractivity contribution in [2.24, 2.45) is 0 Å². The van der Waals surface area contributed by atoms with Crippen molar-refractivity contribution in [2.45, 2.75) is 4.90 Å². The number of benzene rings is 4. The van der Waals surface area contributed by atoms with Gasteiger partial charge in [-0.3, -0.25) is 0 Å². The van der Waals surface area contributed by atoms with Crippen LogP contribution in [0.5, 0.6) is 0 Å². The van der Waals surface area contributed by atoms with E-state index >= 15 is 0 Å². The fraction of sp³-hybridized carbons (Fsp3) is 0.0833. The predicted molar refractivity (Wildman–Crippen MR) is 117 cm³/mol. The van der Waals surface area contributed by atoms with Gasteiger partial charge < -0.3 is 9.15 Å². The van der Waals surface area contributed by atoms with Crippen LogP contribution in [0.1, 0.15) is 10.4 Å². The normalized spacial score (nSPS) is 11.5. The molecule has 142 valence electrons. The Morgan fingerprint density at radius 1 is 0.931 bits per heavy atom. The third-order valence-corrected chi connectivity index (χ3v) is 6.08. The molecule has 5 aromatic rings. The van der Waals surface area contributed by atoms with E-state index < -0.39 is 11.6 Å². The van der Waals surface area contributed by atoms with Crippen molar-refractivity contribution >= 4 is 50.0 Å². The summed E-state index contributed by atoms with van der Waals surface area (Å²) in [6, 6.07) is 20.4. The summed E-state index contributed by atoms with van der Waals surface area (Å²) in [7, 11) is 1.25. The molecular formula is C24H16O4S. The average molecular weight is 400 g/mol. The number of carbonyl (C=O) groups excluding carboxylic acids is 1. The summed E-state index contributed by atoms with van der Waals surface area (Å²) in [4.78, 5) is 25.1. The average Bonchev–Trinajstić information content (AvgIpc) is 2.76. The van der Waals surface area contributed by atoms with Gasteiger partial charge in [0.25, 0.3) is 0 Å². The van der Waals surface area contributed by atoms with Crippen LogP contribution < -0.4 is 5.63 Å². The third-order valence-electron chi connectivity index (χ3n) is 5.32. The van der Waals surface area contributed by atoms with Crippen LogP contribution in [0.2, 0.25) is 0 Å². The molecule has 1 aromatic heterocycles. The number of carbonyl (C=O) groups is 1. The molecule has 0 aliphatic heterocycles. The number of methoxy groups -OCH3 is 1. The molecule has 0 N–H and O–H groups in total. The first-order valence-corrected chi connectivity index (χ1v) is 10.3. The monoisotopic (exact) mass is 400 g/mol. The maximum absolute atomic E-state index is 12.6. The highest BCUT2D eigenvalue weighted by molar-refractivity contribution is 7.98. The van der Waals surface area contributed by atoms with Crippen LogP contribution >= 0.6 is 11.8 Å². The molecule has 4 nitrogen and oxygen atoms in total. The second-order valence-corrected chi connectivity index (χ2v) is 7.65. The Labute approximate surface area is 170 Å². The standard InChI is InChI=1S/C24H16O4S/c1-27-23(25)22-19(29-2)12-18(28-24(22)26)16-10-8-15-7-6-13-4-3-5-14-9-11-17(16)21(15)20(13)14/h3-12H,1-2H3. The largest absolute Gasteiger partial charge is 0.465 e. The van der Waals surface area contributed by atoms with Crippen LogP contribution in [-0.4, -0.2) is 19.3 Å². The lowest BCUT2D eigenvalue weighted by molar-refractivity contribution is 0.0591. The quantitative estimate of drug-likeness (QED) is 0.220. The number of hydrogen-bond acceptors (Lipinski definition) is 5. The number of esters is 1. The summed E-state index contributed by atoms with van der Waals surface area (Å²) in [6.07, 6.45) is 1.81. The predicted octanol–water partition coefficient (Wildman–Crippen LogP) is 5.71. The number of rotatable bonds is 3. The first-order chi connectivity index (χ1) is 14.1. The van der Waals surface area contributed by atoms with E-state index in [0.717, 1.165) is 21.7 Å². The second kappa shape index (κ2) is 6.64. The molecule has 0 amide bonds. The van der Waals surface area contributed by atoms with E-state index in [1.807, 2.05) is 18.4 Å². The van der Waals surface area contributed by atoms with Crippen LogP contribution in [0.4, 0.5) is 0 Å². The van der Waals surface area contributed by atoms with Crippen LogP contribution in [-0.2, 0) is 4.74 Å². The smallest absolute Gasteiger partial charge is 0.352 e. The van der Waals surface area contributed by atoms with Gasteiger partial charge in [-0.25, -0.2) is 9.59 Å². The maximum atomic E-state index is 12.6. The van der Waals surface area contributed by atoms with Crippen LogP contribution in [0.3, 0.4) is 0 Å². The van der Waals surface area contributed by atoms with E-state index in [4.69, 9.17) is 9.15 Å². The molecule has 0 radical (unpaired) electrons. The highest BCUT2D eigenvalue weighted by Gasteiger charge is 2.21. The van der Waals surface area contributed by atoms with Gasteiger partial charge in [-0.1, -0.05) is 48.5 Å². The van der Waals surface area contributed by atoms with Crippen molar-refractivity contribution in [3.8, 4) is 11.3 Å². The molecule has 5 rings (SSSR count). The lowest BCUT2D eigenvalue weighted by Crippen LogP contribution is -2.17. The fourth-order valence-electron chi connectivity index (χ4n) is 4.00. The van der Waals surface area contributed by atoms with Crippen LogP contribution in [0, 0.1) is 0 Å². The van der Waals surface area contributed by atoms with Gasteiger partial charge in [0.2, 0.25) is 0 Å². The van der Waals surface area contributed by atoms with E-state index in [2.05, 4.69) is 42.5 Å². The highest BCUT2D eigenvalue weighted by atomic mass is 32.2. The van der Waals surface area contributed by atoms with E-state index in [0.29, 0.717) is 10.7 Å². The summed E-state index contributed by atoms with van der Waals surface area (Å²) in [6.45, 7) is 0.